The van der Waals surface area contributed by atoms with Crippen molar-refractivity contribution in [2.24, 2.45) is 11.7 Å². The van der Waals surface area contributed by atoms with E-state index in [1.54, 1.807) is 34.6 Å². The number of urea groups is 1. The third kappa shape index (κ3) is 20.0. The maximum Gasteiger partial charge on any atom is 0.408 e. The molecule has 2 aromatic carbocycles. The molecule has 0 spiro atoms. The van der Waals surface area contributed by atoms with Crippen LogP contribution in [0.3, 0.4) is 0 Å². The van der Waals surface area contributed by atoms with Crippen LogP contribution in [0.15, 0.2) is 48.5 Å². The van der Waals surface area contributed by atoms with Crippen molar-refractivity contribution in [2.75, 3.05) is 79.3 Å². The lowest BCUT2D eigenvalue weighted by atomic mass is 9.98. The third-order valence-corrected chi connectivity index (χ3v) is 9.20. The molecule has 1 aliphatic carbocycles. The van der Waals surface area contributed by atoms with Gasteiger partial charge in [-0.15, -0.1) is 0 Å². The number of ketones is 1. The lowest BCUT2D eigenvalue weighted by molar-refractivity contribution is -0.130. The van der Waals surface area contributed by atoms with Gasteiger partial charge in [0.2, 0.25) is 5.91 Å². The number of carbonyl (C=O) groups is 5. The molecule has 0 aliphatic heterocycles. The standard InChI is InChI=1S/C43H66N6O12/c1-30(2)38(49-42(54)61-43(3,4)5)39(51)48-36(16-10-18-45-40(44)52)37(50)17-11-20-55-22-23-57-26-27-60-47-29-58-25-24-56-21-19-46-41(53)59-28-35-33-14-8-6-12-31(33)32-13-7-9-15-34(32)35/h6-9,12-15,30,35-36,38,47H,10-11,16-29H2,1-5H3,(H,46,53)(H,48,51)(H,49,54)(H3,44,45,52)/t36-,38-/m0/s1. The molecule has 0 radical (unpaired) electrons. The average molecular weight is 859 g/mol. The molecule has 5 amide bonds. The Morgan fingerprint density at radius 2 is 1.31 bits per heavy atom. The van der Waals surface area contributed by atoms with Crippen LogP contribution in [0.4, 0.5) is 14.4 Å². The van der Waals surface area contributed by atoms with Crippen molar-refractivity contribution >= 4 is 29.9 Å². The summed E-state index contributed by atoms with van der Waals surface area (Å²) in [5.41, 5.74) is 11.8. The number of hydrogen-bond acceptors (Lipinski definition) is 13. The summed E-state index contributed by atoms with van der Waals surface area (Å²) in [7, 11) is 0. The highest BCUT2D eigenvalue weighted by atomic mass is 16.7. The quantitative estimate of drug-likeness (QED) is 0.0372. The molecule has 0 saturated carbocycles. The molecule has 0 fully saturated rings. The van der Waals surface area contributed by atoms with Gasteiger partial charge in [-0.05, 0) is 68.2 Å². The van der Waals surface area contributed by atoms with Crippen LogP contribution in [0.5, 0.6) is 0 Å². The first-order valence-corrected chi connectivity index (χ1v) is 20.9. The SMILES string of the molecule is CC(C)[C@H](NC(=O)OC(C)(C)C)C(=O)N[C@@H](CCCNC(N)=O)C(=O)CCCOCCOCCONCOCCOCCNC(=O)OCC1c2ccccc2-c2ccccc21. The number of primary amides is 1. The zero-order valence-electron chi connectivity index (χ0n) is 36.2. The summed E-state index contributed by atoms with van der Waals surface area (Å²) in [5.74, 6) is -0.985. The van der Waals surface area contributed by atoms with E-state index in [1.807, 2.05) is 24.3 Å². The monoisotopic (exact) mass is 858 g/mol. The summed E-state index contributed by atoms with van der Waals surface area (Å²) < 4.78 is 32.8. The Labute approximate surface area is 358 Å². The van der Waals surface area contributed by atoms with E-state index >= 15 is 0 Å². The fourth-order valence-corrected chi connectivity index (χ4v) is 6.33. The van der Waals surface area contributed by atoms with Gasteiger partial charge >= 0.3 is 18.2 Å². The summed E-state index contributed by atoms with van der Waals surface area (Å²) in [6, 6.07) is 13.9. The molecule has 61 heavy (non-hydrogen) atoms. The normalized spacial score (nSPS) is 13.1. The number of Topliss-reactive ketones (excluding diaryl/α,β-unsaturated/α-hetero) is 1. The molecular weight excluding hydrogens is 793 g/mol. The summed E-state index contributed by atoms with van der Waals surface area (Å²) in [5, 5.41) is 10.6. The summed E-state index contributed by atoms with van der Waals surface area (Å²) in [6.45, 7) is 12.2. The van der Waals surface area contributed by atoms with E-state index in [0.29, 0.717) is 65.6 Å². The van der Waals surface area contributed by atoms with Crippen LogP contribution in [0.1, 0.15) is 77.3 Å². The number of nitrogens with two attached hydrogens (primary N) is 1. The van der Waals surface area contributed by atoms with Crippen LogP contribution >= 0.6 is 0 Å². The summed E-state index contributed by atoms with van der Waals surface area (Å²) >= 11 is 0. The summed E-state index contributed by atoms with van der Waals surface area (Å²) in [6.07, 6.45) is 0.00931. The number of ether oxygens (including phenoxy) is 6. The van der Waals surface area contributed by atoms with Crippen molar-refractivity contribution in [1.29, 1.82) is 0 Å². The Kier molecular flexibility index (Phi) is 23.1. The zero-order chi connectivity index (χ0) is 44.5. The highest BCUT2D eigenvalue weighted by Crippen LogP contribution is 2.44. The molecule has 0 aromatic heterocycles. The molecule has 0 unspecified atom stereocenters. The molecule has 2 aromatic rings. The largest absolute Gasteiger partial charge is 0.449 e. The van der Waals surface area contributed by atoms with Crippen molar-refractivity contribution in [3.05, 3.63) is 59.7 Å². The molecule has 3 rings (SSSR count). The van der Waals surface area contributed by atoms with Gasteiger partial charge in [-0.3, -0.25) is 14.4 Å². The first kappa shape index (κ1) is 50.5. The lowest BCUT2D eigenvalue weighted by Crippen LogP contribution is -2.54. The van der Waals surface area contributed by atoms with E-state index in [9.17, 15) is 24.0 Å². The van der Waals surface area contributed by atoms with Gasteiger partial charge < -0.3 is 55.4 Å². The highest BCUT2D eigenvalue weighted by molar-refractivity contribution is 5.92. The molecule has 2 atom stereocenters. The Morgan fingerprint density at radius 3 is 1.95 bits per heavy atom. The lowest BCUT2D eigenvalue weighted by Gasteiger charge is -2.27. The molecule has 340 valence electrons. The Balaban J connectivity index is 1.15. The number of benzene rings is 2. The highest BCUT2D eigenvalue weighted by Gasteiger charge is 2.31. The van der Waals surface area contributed by atoms with E-state index in [2.05, 4.69) is 51.0 Å². The number of rotatable bonds is 30. The fourth-order valence-electron chi connectivity index (χ4n) is 6.33. The molecular formula is C43H66N6O12. The smallest absolute Gasteiger partial charge is 0.408 e. The molecule has 0 bridgehead atoms. The minimum Gasteiger partial charge on any atom is -0.449 e. The van der Waals surface area contributed by atoms with Gasteiger partial charge in [0.1, 0.15) is 25.0 Å². The molecule has 18 heteroatoms. The number of amides is 5. The third-order valence-electron chi connectivity index (χ3n) is 9.20. The van der Waals surface area contributed by atoms with Gasteiger partial charge in [0.25, 0.3) is 0 Å². The molecule has 1 aliphatic rings. The minimum absolute atomic E-state index is 0.00560. The Hall–Kier alpha value is -4.85. The van der Waals surface area contributed by atoms with Crippen LogP contribution in [-0.2, 0) is 42.8 Å². The van der Waals surface area contributed by atoms with Gasteiger partial charge in [0.05, 0.1) is 52.3 Å². The second-order valence-electron chi connectivity index (χ2n) is 15.6. The maximum absolute atomic E-state index is 13.2. The topological polar surface area (TPSA) is 236 Å². The number of hydrogen-bond donors (Lipinski definition) is 6. The van der Waals surface area contributed by atoms with Gasteiger partial charge in [-0.1, -0.05) is 62.4 Å². The molecule has 18 nitrogen and oxygen atoms in total. The first-order valence-electron chi connectivity index (χ1n) is 20.9. The van der Waals surface area contributed by atoms with Crippen molar-refractivity contribution in [3.8, 4) is 11.1 Å². The van der Waals surface area contributed by atoms with Gasteiger partial charge in [-0.25, -0.2) is 14.4 Å². The van der Waals surface area contributed by atoms with Crippen LogP contribution < -0.4 is 32.5 Å². The van der Waals surface area contributed by atoms with Gasteiger partial charge in [0, 0.05) is 32.0 Å². The van der Waals surface area contributed by atoms with Gasteiger partial charge in [0.15, 0.2) is 5.78 Å². The summed E-state index contributed by atoms with van der Waals surface area (Å²) in [4.78, 5) is 67.3. The van der Waals surface area contributed by atoms with Crippen LogP contribution in [0.2, 0.25) is 0 Å². The average Bonchev–Trinajstić information content (AvgIpc) is 3.53. The van der Waals surface area contributed by atoms with Gasteiger partial charge in [-0.2, -0.15) is 5.48 Å². The van der Waals surface area contributed by atoms with Crippen LogP contribution in [0.25, 0.3) is 11.1 Å². The second kappa shape index (κ2) is 27.9. The fraction of sp³-hybridized carbons (Fsp3) is 0.605. The predicted molar refractivity (Wildman–Crippen MR) is 226 cm³/mol. The molecule has 0 saturated heterocycles. The first-order chi connectivity index (χ1) is 29.3. The minimum atomic E-state index is -0.926. The van der Waals surface area contributed by atoms with E-state index < -0.39 is 41.8 Å². The van der Waals surface area contributed by atoms with Crippen molar-refractivity contribution < 1.29 is 57.2 Å². The number of alkyl carbamates (subject to hydrolysis) is 2. The van der Waals surface area contributed by atoms with E-state index in [1.165, 1.54) is 11.1 Å². The Morgan fingerprint density at radius 1 is 0.705 bits per heavy atom. The molecule has 7 N–H and O–H groups in total. The van der Waals surface area contributed by atoms with Crippen LogP contribution in [-0.4, -0.2) is 127 Å². The van der Waals surface area contributed by atoms with Crippen molar-refractivity contribution in [1.82, 2.24) is 26.7 Å². The van der Waals surface area contributed by atoms with E-state index in [0.717, 1.165) is 11.1 Å². The predicted octanol–water partition coefficient (Wildman–Crippen LogP) is 3.90. The van der Waals surface area contributed by atoms with Crippen molar-refractivity contribution in [3.63, 3.8) is 0 Å². The van der Waals surface area contributed by atoms with E-state index in [4.69, 9.17) is 39.0 Å². The number of fused-ring (bicyclic) bond motifs is 3. The maximum atomic E-state index is 13.2. The Bertz CT molecular complexity index is 1610. The molecule has 0 heterocycles. The van der Waals surface area contributed by atoms with Crippen LogP contribution in [0, 0.1) is 5.92 Å². The number of nitrogens with one attached hydrogen (secondary N) is 5. The van der Waals surface area contributed by atoms with E-state index in [-0.39, 0.29) is 57.0 Å². The second-order valence-corrected chi connectivity index (χ2v) is 15.6. The number of hydroxylamine groups is 1. The van der Waals surface area contributed by atoms with Crippen molar-refractivity contribution in [2.45, 2.75) is 83.9 Å². The number of carbonyl (C=O) groups excluding carboxylic acids is 5. The zero-order valence-corrected chi connectivity index (χ0v) is 36.2.